The van der Waals surface area contributed by atoms with Gasteiger partial charge in [-0.1, -0.05) is 18.2 Å². The second-order valence-corrected chi connectivity index (χ2v) is 6.83. The van der Waals surface area contributed by atoms with E-state index < -0.39 is 0 Å². The van der Waals surface area contributed by atoms with E-state index in [1.807, 2.05) is 56.3 Å². The maximum Gasteiger partial charge on any atom is 0.247 e. The third-order valence-corrected chi connectivity index (χ3v) is 4.64. The quantitative estimate of drug-likeness (QED) is 0.578. The maximum absolute atomic E-state index is 5.80. The Morgan fingerprint density at radius 3 is 2.75 bits per heavy atom. The van der Waals surface area contributed by atoms with Crippen LogP contribution in [0, 0.1) is 6.92 Å². The second-order valence-electron chi connectivity index (χ2n) is 5.59. The lowest BCUT2D eigenvalue weighted by Crippen LogP contribution is -2.06. The Bertz CT molecular complexity index is 977. The molecule has 4 rings (SSSR count). The van der Waals surface area contributed by atoms with E-state index >= 15 is 0 Å². The van der Waals surface area contributed by atoms with Gasteiger partial charge < -0.3 is 9.73 Å². The predicted molar refractivity (Wildman–Crippen MR) is 96.1 cm³/mol. The van der Waals surface area contributed by atoms with E-state index in [-0.39, 0.29) is 6.04 Å². The first-order chi connectivity index (χ1) is 11.7. The fraction of sp³-hybridized carbons (Fsp3) is 0.167. The molecule has 0 fully saturated rings. The molecule has 1 atom stereocenters. The number of nitrogens with one attached hydrogen (secondary N) is 1. The smallest absolute Gasteiger partial charge is 0.247 e. The molecule has 1 unspecified atom stereocenters. The van der Waals surface area contributed by atoms with E-state index in [0.29, 0.717) is 11.8 Å². The molecule has 0 saturated carbocycles. The topological polar surface area (TPSA) is 63.8 Å². The number of nitrogens with zero attached hydrogens (tertiary/aromatic N) is 3. The van der Waals surface area contributed by atoms with E-state index in [1.54, 1.807) is 11.3 Å². The van der Waals surface area contributed by atoms with Crippen LogP contribution in [0.15, 0.2) is 52.9 Å². The van der Waals surface area contributed by atoms with Crippen molar-refractivity contribution in [2.45, 2.75) is 19.9 Å². The lowest BCUT2D eigenvalue weighted by molar-refractivity contribution is 0.485. The van der Waals surface area contributed by atoms with Crippen LogP contribution in [0.2, 0.25) is 0 Å². The highest BCUT2D eigenvalue weighted by atomic mass is 32.1. The molecule has 0 aliphatic heterocycles. The fourth-order valence-corrected chi connectivity index (χ4v) is 3.41. The van der Waals surface area contributed by atoms with Crippen molar-refractivity contribution in [2.24, 2.45) is 0 Å². The van der Waals surface area contributed by atoms with Gasteiger partial charge >= 0.3 is 0 Å². The monoisotopic (exact) mass is 336 g/mol. The minimum absolute atomic E-state index is 0.0820. The Morgan fingerprint density at radius 2 is 1.92 bits per heavy atom. The first kappa shape index (κ1) is 14.8. The molecule has 2 aromatic heterocycles. The van der Waals surface area contributed by atoms with Crippen LogP contribution in [0.25, 0.3) is 21.7 Å². The second kappa shape index (κ2) is 6.05. The first-order valence-electron chi connectivity index (χ1n) is 7.71. The van der Waals surface area contributed by atoms with Crippen LogP contribution < -0.4 is 5.32 Å². The summed E-state index contributed by atoms with van der Waals surface area (Å²) in [5, 5.41) is 12.8. The molecule has 2 heterocycles. The van der Waals surface area contributed by atoms with Crippen molar-refractivity contribution in [2.75, 3.05) is 5.32 Å². The van der Waals surface area contributed by atoms with Crippen molar-refractivity contribution in [3.8, 4) is 11.5 Å². The van der Waals surface area contributed by atoms with Gasteiger partial charge in [0.2, 0.25) is 11.8 Å². The van der Waals surface area contributed by atoms with Crippen LogP contribution in [-0.2, 0) is 0 Å². The number of rotatable bonds is 4. The molecule has 1 N–H and O–H groups in total. The van der Waals surface area contributed by atoms with E-state index in [1.165, 1.54) is 4.70 Å². The lowest BCUT2D eigenvalue weighted by Gasteiger charge is -2.11. The van der Waals surface area contributed by atoms with Gasteiger partial charge in [0.15, 0.2) is 0 Å². The molecule has 0 bridgehead atoms. The van der Waals surface area contributed by atoms with Crippen LogP contribution in [0.1, 0.15) is 23.9 Å². The molecule has 24 heavy (non-hydrogen) atoms. The first-order valence-corrected chi connectivity index (χ1v) is 8.53. The molecule has 0 aliphatic carbocycles. The summed E-state index contributed by atoms with van der Waals surface area (Å²) in [6, 6.07) is 15.8. The standard InChI is InChI=1S/C18H16N4OS/c1-11(17-21-22-18(23-17)13-6-4-3-5-7-13)19-14-8-9-15-16(10-14)24-12(2)20-15/h3-11,19H,1-2H3. The Morgan fingerprint density at radius 1 is 1.08 bits per heavy atom. The predicted octanol–water partition coefficient (Wildman–Crippen LogP) is 4.83. The normalized spacial score (nSPS) is 12.4. The Hall–Kier alpha value is -2.73. The minimum atomic E-state index is -0.0820. The van der Waals surface area contributed by atoms with E-state index in [4.69, 9.17) is 4.42 Å². The molecule has 0 saturated heterocycles. The molecule has 0 amide bonds. The summed E-state index contributed by atoms with van der Waals surface area (Å²) in [6.45, 7) is 4.02. The van der Waals surface area contributed by atoms with Crippen molar-refractivity contribution in [1.82, 2.24) is 15.2 Å². The van der Waals surface area contributed by atoms with Crippen molar-refractivity contribution in [1.29, 1.82) is 0 Å². The summed E-state index contributed by atoms with van der Waals surface area (Å²) >= 11 is 1.69. The molecule has 120 valence electrons. The molecule has 0 aliphatic rings. The number of aromatic nitrogens is 3. The van der Waals surface area contributed by atoms with Crippen LogP contribution in [0.5, 0.6) is 0 Å². The Balaban J connectivity index is 1.55. The van der Waals surface area contributed by atoms with Crippen LogP contribution in [0.3, 0.4) is 0 Å². The highest BCUT2D eigenvalue weighted by Crippen LogP contribution is 2.27. The lowest BCUT2D eigenvalue weighted by atomic mass is 10.2. The molecule has 4 aromatic rings. The Labute approximate surface area is 143 Å². The number of fused-ring (bicyclic) bond motifs is 1. The molecule has 2 aromatic carbocycles. The highest BCUT2D eigenvalue weighted by molar-refractivity contribution is 7.18. The van der Waals surface area contributed by atoms with Gasteiger partial charge in [0, 0.05) is 11.3 Å². The zero-order valence-electron chi connectivity index (χ0n) is 13.4. The average Bonchev–Trinajstić information content (AvgIpc) is 3.21. The maximum atomic E-state index is 5.80. The van der Waals surface area contributed by atoms with E-state index in [2.05, 4.69) is 26.6 Å². The molecular weight excluding hydrogens is 320 g/mol. The van der Waals surface area contributed by atoms with Gasteiger partial charge in [0.05, 0.1) is 15.2 Å². The van der Waals surface area contributed by atoms with E-state index in [0.717, 1.165) is 21.8 Å². The summed E-state index contributed by atoms with van der Waals surface area (Å²) < 4.78 is 6.97. The van der Waals surface area contributed by atoms with Crippen molar-refractivity contribution in [3.63, 3.8) is 0 Å². The van der Waals surface area contributed by atoms with E-state index in [9.17, 15) is 0 Å². The van der Waals surface area contributed by atoms with Gasteiger partial charge in [-0.25, -0.2) is 4.98 Å². The molecule has 5 nitrogen and oxygen atoms in total. The summed E-state index contributed by atoms with van der Waals surface area (Å²) in [5.74, 6) is 1.10. The molecule has 0 radical (unpaired) electrons. The van der Waals surface area contributed by atoms with Gasteiger partial charge in [0.1, 0.15) is 6.04 Å². The van der Waals surface area contributed by atoms with Crippen molar-refractivity contribution >= 4 is 27.2 Å². The summed E-state index contributed by atoms with van der Waals surface area (Å²) in [4.78, 5) is 4.48. The average molecular weight is 336 g/mol. The number of hydrogen-bond donors (Lipinski definition) is 1. The summed E-state index contributed by atoms with van der Waals surface area (Å²) in [5.41, 5.74) is 2.96. The number of anilines is 1. The number of aryl methyl sites for hydroxylation is 1. The zero-order valence-corrected chi connectivity index (χ0v) is 14.2. The summed E-state index contributed by atoms with van der Waals surface area (Å²) in [7, 11) is 0. The van der Waals surface area contributed by atoms with Crippen molar-refractivity contribution in [3.05, 3.63) is 59.4 Å². The van der Waals surface area contributed by atoms with Gasteiger partial charge in [-0.3, -0.25) is 0 Å². The Kier molecular flexibility index (Phi) is 3.74. The van der Waals surface area contributed by atoms with Gasteiger partial charge in [-0.2, -0.15) is 0 Å². The minimum Gasteiger partial charge on any atom is -0.418 e. The summed E-state index contributed by atoms with van der Waals surface area (Å²) in [6.07, 6.45) is 0. The van der Waals surface area contributed by atoms with Crippen molar-refractivity contribution < 1.29 is 4.42 Å². The molecule has 0 spiro atoms. The van der Waals surface area contributed by atoms with Gasteiger partial charge in [-0.15, -0.1) is 21.5 Å². The third-order valence-electron chi connectivity index (χ3n) is 3.71. The number of hydrogen-bond acceptors (Lipinski definition) is 6. The number of benzene rings is 2. The highest BCUT2D eigenvalue weighted by Gasteiger charge is 2.15. The fourth-order valence-electron chi connectivity index (χ4n) is 2.55. The van der Waals surface area contributed by atoms with Crippen LogP contribution in [0.4, 0.5) is 5.69 Å². The van der Waals surface area contributed by atoms with Crippen LogP contribution in [-0.4, -0.2) is 15.2 Å². The van der Waals surface area contributed by atoms with Crippen LogP contribution >= 0.6 is 11.3 Å². The largest absolute Gasteiger partial charge is 0.418 e. The molecular formula is C18H16N4OS. The van der Waals surface area contributed by atoms with Gasteiger partial charge in [-0.05, 0) is 44.2 Å². The third kappa shape index (κ3) is 2.88. The number of thiazole rings is 1. The zero-order chi connectivity index (χ0) is 16.5. The van der Waals surface area contributed by atoms with Gasteiger partial charge in [0.25, 0.3) is 0 Å². The molecule has 6 heteroatoms. The SMILES string of the molecule is Cc1nc2ccc(NC(C)c3nnc(-c4ccccc4)o3)cc2s1.